The van der Waals surface area contributed by atoms with E-state index in [0.717, 1.165) is 6.33 Å². The summed E-state index contributed by atoms with van der Waals surface area (Å²) in [5.74, 6) is -3.75. The van der Waals surface area contributed by atoms with Gasteiger partial charge in [0.1, 0.15) is 18.2 Å². The van der Waals surface area contributed by atoms with Crippen molar-refractivity contribution in [2.75, 3.05) is 0 Å². The smallest absolute Gasteiger partial charge is 0.471 e. The third-order valence-corrected chi connectivity index (χ3v) is 2.05. The number of hydrogen-bond donors (Lipinski definition) is 2. The molecular weight excluding hydrogens is 257 g/mol. The van der Waals surface area contributed by atoms with Gasteiger partial charge >= 0.3 is 18.1 Å². The van der Waals surface area contributed by atoms with Crippen LogP contribution in [0, 0.1) is 0 Å². The Morgan fingerprint density at radius 3 is 2.56 bits per heavy atom. The lowest BCUT2D eigenvalue weighted by Crippen LogP contribution is -2.48. The van der Waals surface area contributed by atoms with Gasteiger partial charge in [-0.1, -0.05) is 0 Å². The number of halogens is 3. The molecule has 10 heteroatoms. The molecule has 0 saturated heterocycles. The molecule has 0 aliphatic heterocycles. The van der Waals surface area contributed by atoms with Crippen LogP contribution < -0.4 is 5.32 Å². The van der Waals surface area contributed by atoms with Crippen LogP contribution in [0.5, 0.6) is 0 Å². The number of carbonyl (C=O) groups is 2. The molecule has 1 aromatic rings. The van der Waals surface area contributed by atoms with E-state index < -0.39 is 30.5 Å². The zero-order valence-electron chi connectivity index (χ0n) is 9.10. The number of alkyl halides is 3. The van der Waals surface area contributed by atoms with E-state index >= 15 is 0 Å². The van der Waals surface area contributed by atoms with Gasteiger partial charge in [0.15, 0.2) is 0 Å². The van der Waals surface area contributed by atoms with E-state index in [0.29, 0.717) is 0 Å². The lowest BCUT2D eigenvalue weighted by Gasteiger charge is -2.15. The second kappa shape index (κ2) is 5.02. The number of nitrogens with one attached hydrogen (secondary N) is 1. The van der Waals surface area contributed by atoms with Gasteiger partial charge in [-0.05, 0) is 0 Å². The van der Waals surface area contributed by atoms with Crippen molar-refractivity contribution in [1.82, 2.24) is 20.1 Å². The van der Waals surface area contributed by atoms with Crippen LogP contribution in [0.4, 0.5) is 13.2 Å². The highest BCUT2D eigenvalue weighted by Crippen LogP contribution is 2.15. The number of nitrogens with zero attached hydrogens (tertiary/aromatic N) is 3. The van der Waals surface area contributed by atoms with Crippen molar-refractivity contribution in [3.05, 3.63) is 12.2 Å². The van der Waals surface area contributed by atoms with Crippen LogP contribution in [0.25, 0.3) is 0 Å². The number of amides is 1. The molecule has 0 saturated carbocycles. The molecule has 0 fully saturated rings. The van der Waals surface area contributed by atoms with Gasteiger partial charge in [-0.2, -0.15) is 18.3 Å². The third-order valence-electron chi connectivity index (χ3n) is 2.05. The molecule has 1 amide bonds. The Bertz CT molecular complexity index is 457. The zero-order chi connectivity index (χ0) is 13.9. The number of rotatable bonds is 4. The van der Waals surface area contributed by atoms with Crippen LogP contribution in [0.3, 0.4) is 0 Å². The molecule has 0 radical (unpaired) electrons. The van der Waals surface area contributed by atoms with Gasteiger partial charge in [-0.3, -0.25) is 9.48 Å². The summed E-state index contributed by atoms with van der Waals surface area (Å²) >= 11 is 0. The molecule has 0 aliphatic rings. The number of carbonyl (C=O) groups excluding carboxylic acids is 1. The normalized spacial score (nSPS) is 13.1. The molecule has 0 aromatic carbocycles. The van der Waals surface area contributed by atoms with E-state index in [9.17, 15) is 22.8 Å². The van der Waals surface area contributed by atoms with Gasteiger partial charge < -0.3 is 10.4 Å². The fourth-order valence-electron chi connectivity index (χ4n) is 1.13. The van der Waals surface area contributed by atoms with Crippen molar-refractivity contribution in [3.8, 4) is 0 Å². The minimum Gasteiger partial charge on any atom is -0.480 e. The summed E-state index contributed by atoms with van der Waals surface area (Å²) in [7, 11) is 1.45. The van der Waals surface area contributed by atoms with Crippen LogP contribution in [-0.4, -0.2) is 44.0 Å². The predicted molar refractivity (Wildman–Crippen MR) is 50.3 cm³/mol. The number of aliphatic carboxylic acids is 1. The Kier molecular flexibility index (Phi) is 3.89. The van der Waals surface area contributed by atoms with Gasteiger partial charge in [-0.25, -0.2) is 9.78 Å². The Labute approximate surface area is 98.6 Å². The molecule has 0 bridgehead atoms. The van der Waals surface area contributed by atoms with Crippen LogP contribution in [0.2, 0.25) is 0 Å². The van der Waals surface area contributed by atoms with E-state index in [1.165, 1.54) is 17.0 Å². The summed E-state index contributed by atoms with van der Waals surface area (Å²) in [4.78, 5) is 25.1. The molecule has 100 valence electrons. The predicted octanol–water partition coefficient (Wildman–Crippen LogP) is -0.511. The molecule has 18 heavy (non-hydrogen) atoms. The quantitative estimate of drug-likeness (QED) is 0.765. The van der Waals surface area contributed by atoms with E-state index in [4.69, 9.17) is 5.11 Å². The SMILES string of the molecule is Cn1ncnc1CC(NC(=O)C(F)(F)F)C(=O)O. The van der Waals surface area contributed by atoms with Crippen LogP contribution in [0.15, 0.2) is 6.33 Å². The minimum atomic E-state index is -5.13. The van der Waals surface area contributed by atoms with E-state index in [1.54, 1.807) is 0 Å². The van der Waals surface area contributed by atoms with Gasteiger partial charge in [0.05, 0.1) is 0 Å². The molecule has 2 N–H and O–H groups in total. The number of aryl methyl sites for hydroxylation is 1. The monoisotopic (exact) mass is 266 g/mol. The average Bonchev–Trinajstić information content (AvgIpc) is 2.61. The fraction of sp³-hybridized carbons (Fsp3) is 0.500. The summed E-state index contributed by atoms with van der Waals surface area (Å²) < 4.78 is 37.2. The maximum Gasteiger partial charge on any atom is 0.471 e. The number of carboxylic acid groups (broad SMARTS) is 1. The molecule has 1 unspecified atom stereocenters. The second-order valence-corrected chi connectivity index (χ2v) is 3.37. The van der Waals surface area contributed by atoms with Gasteiger partial charge in [0.25, 0.3) is 0 Å². The second-order valence-electron chi connectivity index (χ2n) is 3.37. The molecule has 1 aromatic heterocycles. The highest BCUT2D eigenvalue weighted by Gasteiger charge is 2.41. The highest BCUT2D eigenvalue weighted by molar-refractivity contribution is 5.87. The number of carboxylic acids is 1. The summed E-state index contributed by atoms with van der Waals surface area (Å²) in [5.41, 5.74) is 0. The molecule has 0 aliphatic carbocycles. The van der Waals surface area contributed by atoms with Gasteiger partial charge in [0, 0.05) is 13.5 Å². The molecule has 1 heterocycles. The Morgan fingerprint density at radius 1 is 1.56 bits per heavy atom. The number of aromatic nitrogens is 3. The maximum absolute atomic E-state index is 12.0. The van der Waals surface area contributed by atoms with Gasteiger partial charge in [-0.15, -0.1) is 0 Å². The van der Waals surface area contributed by atoms with Crippen molar-refractivity contribution in [2.24, 2.45) is 7.05 Å². The molecule has 1 atom stereocenters. The van der Waals surface area contributed by atoms with Crippen LogP contribution in [-0.2, 0) is 23.1 Å². The first-order valence-electron chi connectivity index (χ1n) is 4.65. The topological polar surface area (TPSA) is 97.1 Å². The summed E-state index contributed by atoms with van der Waals surface area (Å²) in [5, 5.41) is 13.7. The van der Waals surface area contributed by atoms with Crippen molar-refractivity contribution in [3.63, 3.8) is 0 Å². The summed E-state index contributed by atoms with van der Waals surface area (Å²) in [6, 6.07) is -1.72. The molecular formula is C8H9F3N4O3. The Hall–Kier alpha value is -2.13. The summed E-state index contributed by atoms with van der Waals surface area (Å²) in [6.45, 7) is 0. The van der Waals surface area contributed by atoms with Crippen molar-refractivity contribution in [1.29, 1.82) is 0 Å². The van der Waals surface area contributed by atoms with Crippen molar-refractivity contribution >= 4 is 11.9 Å². The molecule has 7 nitrogen and oxygen atoms in total. The first-order valence-corrected chi connectivity index (χ1v) is 4.65. The fourth-order valence-corrected chi connectivity index (χ4v) is 1.13. The molecule has 1 rings (SSSR count). The molecule has 0 spiro atoms. The van der Waals surface area contributed by atoms with Gasteiger partial charge in [0.2, 0.25) is 0 Å². The first kappa shape index (κ1) is 13.9. The van der Waals surface area contributed by atoms with E-state index in [2.05, 4.69) is 10.1 Å². The third kappa shape index (κ3) is 3.43. The lowest BCUT2D eigenvalue weighted by atomic mass is 10.2. The van der Waals surface area contributed by atoms with Crippen molar-refractivity contribution in [2.45, 2.75) is 18.6 Å². The Balaban J connectivity index is 2.76. The highest BCUT2D eigenvalue weighted by atomic mass is 19.4. The average molecular weight is 266 g/mol. The van der Waals surface area contributed by atoms with E-state index in [-0.39, 0.29) is 5.82 Å². The largest absolute Gasteiger partial charge is 0.480 e. The van der Waals surface area contributed by atoms with Crippen molar-refractivity contribution < 1.29 is 27.9 Å². The van der Waals surface area contributed by atoms with Crippen LogP contribution in [0.1, 0.15) is 5.82 Å². The van der Waals surface area contributed by atoms with E-state index in [1.807, 2.05) is 0 Å². The number of hydrogen-bond acceptors (Lipinski definition) is 4. The minimum absolute atomic E-state index is 0.143. The van der Waals surface area contributed by atoms with Crippen LogP contribution >= 0.6 is 0 Å². The zero-order valence-corrected chi connectivity index (χ0v) is 9.10. The summed E-state index contributed by atoms with van der Waals surface area (Å²) in [6.07, 6.45) is -4.40. The Morgan fingerprint density at radius 2 is 2.17 bits per heavy atom. The maximum atomic E-state index is 12.0. The lowest BCUT2D eigenvalue weighted by molar-refractivity contribution is -0.175. The first-order chi connectivity index (χ1) is 8.21. The standard InChI is InChI=1S/C8H9F3N4O3/c1-15-5(12-3-13-15)2-4(6(16)17)14-7(18)8(9,10)11/h3-4H,2H2,1H3,(H,14,18)(H,16,17).